The van der Waals surface area contributed by atoms with Crippen LogP contribution in [0.1, 0.15) is 26.3 Å². The van der Waals surface area contributed by atoms with Crippen LogP contribution in [0, 0.1) is 6.92 Å². The van der Waals surface area contributed by atoms with E-state index in [9.17, 15) is 9.59 Å². The van der Waals surface area contributed by atoms with Gasteiger partial charge in [0.2, 0.25) is 0 Å². The van der Waals surface area contributed by atoms with Crippen molar-refractivity contribution >= 4 is 11.9 Å². The molecule has 0 radical (unpaired) electrons. The van der Waals surface area contributed by atoms with E-state index in [0.717, 1.165) is 11.1 Å². The zero-order valence-corrected chi connectivity index (χ0v) is 10.3. The second-order valence-electron chi connectivity index (χ2n) is 4.22. The number of aromatic carboxylic acids is 2. The molecule has 0 fully saturated rings. The SMILES string of the molecule is Cc1cc(-c2ccc(C(=O)O)cc2)ccc1C(=O)O. The molecule has 2 rings (SSSR count). The Kier molecular flexibility index (Phi) is 3.33. The van der Waals surface area contributed by atoms with Gasteiger partial charge >= 0.3 is 11.9 Å². The predicted molar refractivity (Wildman–Crippen MR) is 70.5 cm³/mol. The summed E-state index contributed by atoms with van der Waals surface area (Å²) in [6.07, 6.45) is 0. The molecule has 0 aliphatic heterocycles. The highest BCUT2D eigenvalue weighted by molar-refractivity contribution is 5.90. The number of hydrogen-bond acceptors (Lipinski definition) is 2. The molecule has 0 aliphatic carbocycles. The molecule has 0 saturated carbocycles. The molecule has 0 saturated heterocycles. The third-order valence-electron chi connectivity index (χ3n) is 2.92. The molecular weight excluding hydrogens is 244 g/mol. The maximum Gasteiger partial charge on any atom is 0.335 e. The molecule has 0 aliphatic rings. The average Bonchev–Trinajstić information content (AvgIpc) is 2.38. The maximum absolute atomic E-state index is 10.9. The van der Waals surface area contributed by atoms with Gasteiger partial charge in [-0.1, -0.05) is 24.3 Å². The molecule has 0 amide bonds. The van der Waals surface area contributed by atoms with E-state index in [1.165, 1.54) is 12.1 Å². The van der Waals surface area contributed by atoms with Crippen LogP contribution in [-0.4, -0.2) is 22.2 Å². The van der Waals surface area contributed by atoms with E-state index < -0.39 is 11.9 Å². The number of carbonyl (C=O) groups is 2. The summed E-state index contributed by atoms with van der Waals surface area (Å²) in [5, 5.41) is 17.8. The van der Waals surface area contributed by atoms with Gasteiger partial charge in [0.25, 0.3) is 0 Å². The largest absolute Gasteiger partial charge is 0.478 e. The zero-order chi connectivity index (χ0) is 14.0. The Labute approximate surface area is 109 Å². The Morgan fingerprint density at radius 2 is 1.42 bits per heavy atom. The topological polar surface area (TPSA) is 74.6 Å². The molecule has 0 heterocycles. The first kappa shape index (κ1) is 12.8. The van der Waals surface area contributed by atoms with E-state index in [1.807, 2.05) is 0 Å². The van der Waals surface area contributed by atoms with Crippen LogP contribution < -0.4 is 0 Å². The number of aryl methyl sites for hydroxylation is 1. The van der Waals surface area contributed by atoms with Gasteiger partial charge in [0.05, 0.1) is 11.1 Å². The molecule has 0 unspecified atom stereocenters. The normalized spacial score (nSPS) is 10.2. The summed E-state index contributed by atoms with van der Waals surface area (Å²) in [4.78, 5) is 21.7. The highest BCUT2D eigenvalue weighted by Crippen LogP contribution is 2.23. The van der Waals surface area contributed by atoms with Crippen LogP contribution in [0.25, 0.3) is 11.1 Å². The lowest BCUT2D eigenvalue weighted by Gasteiger charge is -2.06. The van der Waals surface area contributed by atoms with Gasteiger partial charge in [-0.25, -0.2) is 9.59 Å². The minimum Gasteiger partial charge on any atom is -0.478 e. The highest BCUT2D eigenvalue weighted by Gasteiger charge is 2.08. The summed E-state index contributed by atoms with van der Waals surface area (Å²) < 4.78 is 0. The monoisotopic (exact) mass is 256 g/mol. The number of carboxylic acids is 2. The standard InChI is InChI=1S/C15H12O4/c1-9-8-12(6-7-13(9)15(18)19)10-2-4-11(5-3-10)14(16)17/h2-8H,1H3,(H,16,17)(H,18,19). The summed E-state index contributed by atoms with van der Waals surface area (Å²) in [6.45, 7) is 1.73. The summed E-state index contributed by atoms with van der Waals surface area (Å²) in [5.74, 6) is -1.92. The zero-order valence-electron chi connectivity index (χ0n) is 10.3. The lowest BCUT2D eigenvalue weighted by atomic mass is 9.99. The molecule has 96 valence electrons. The van der Waals surface area contributed by atoms with Crippen molar-refractivity contribution in [1.82, 2.24) is 0 Å². The fourth-order valence-corrected chi connectivity index (χ4v) is 1.89. The van der Waals surface area contributed by atoms with E-state index in [2.05, 4.69) is 0 Å². The van der Waals surface area contributed by atoms with Crippen LogP contribution in [0.5, 0.6) is 0 Å². The number of carboxylic acid groups (broad SMARTS) is 2. The number of rotatable bonds is 3. The third kappa shape index (κ3) is 2.63. The molecule has 0 atom stereocenters. The van der Waals surface area contributed by atoms with E-state index in [0.29, 0.717) is 5.56 Å². The van der Waals surface area contributed by atoms with Crippen LogP contribution in [-0.2, 0) is 0 Å². The van der Waals surface area contributed by atoms with Gasteiger partial charge in [0.1, 0.15) is 0 Å². The second-order valence-corrected chi connectivity index (χ2v) is 4.22. The van der Waals surface area contributed by atoms with Crippen LogP contribution in [0.3, 0.4) is 0 Å². The Morgan fingerprint density at radius 3 is 1.89 bits per heavy atom. The van der Waals surface area contributed by atoms with Crippen molar-refractivity contribution in [1.29, 1.82) is 0 Å². The Hall–Kier alpha value is -2.62. The average molecular weight is 256 g/mol. The molecule has 0 bridgehead atoms. The molecule has 2 N–H and O–H groups in total. The molecule has 2 aromatic rings. The van der Waals surface area contributed by atoms with E-state index in [1.54, 1.807) is 37.3 Å². The second kappa shape index (κ2) is 4.94. The van der Waals surface area contributed by atoms with Crippen molar-refractivity contribution in [3.63, 3.8) is 0 Å². The van der Waals surface area contributed by atoms with Crippen LogP contribution >= 0.6 is 0 Å². The van der Waals surface area contributed by atoms with Crippen molar-refractivity contribution in [3.05, 3.63) is 59.2 Å². The van der Waals surface area contributed by atoms with Gasteiger partial charge in [-0.2, -0.15) is 0 Å². The maximum atomic E-state index is 10.9. The molecule has 0 spiro atoms. The van der Waals surface area contributed by atoms with Gasteiger partial charge in [-0.05, 0) is 41.8 Å². The Bertz CT molecular complexity index is 642. The highest BCUT2D eigenvalue weighted by atomic mass is 16.4. The fourth-order valence-electron chi connectivity index (χ4n) is 1.89. The Balaban J connectivity index is 2.39. The molecule has 4 heteroatoms. The van der Waals surface area contributed by atoms with Crippen molar-refractivity contribution in [2.45, 2.75) is 6.92 Å². The summed E-state index contributed by atoms with van der Waals surface area (Å²) in [7, 11) is 0. The molecule has 2 aromatic carbocycles. The summed E-state index contributed by atoms with van der Waals surface area (Å²) >= 11 is 0. The Morgan fingerprint density at radius 1 is 0.842 bits per heavy atom. The van der Waals surface area contributed by atoms with Gasteiger partial charge in [0, 0.05) is 0 Å². The van der Waals surface area contributed by atoms with Crippen LogP contribution in [0.4, 0.5) is 0 Å². The molecule has 4 nitrogen and oxygen atoms in total. The molecular formula is C15H12O4. The lowest BCUT2D eigenvalue weighted by molar-refractivity contribution is 0.0685. The summed E-state index contributed by atoms with van der Waals surface area (Å²) in [5.41, 5.74) is 2.88. The van der Waals surface area contributed by atoms with Gasteiger partial charge in [-0.15, -0.1) is 0 Å². The molecule has 19 heavy (non-hydrogen) atoms. The number of hydrogen-bond donors (Lipinski definition) is 2. The first-order valence-corrected chi connectivity index (χ1v) is 5.66. The quantitative estimate of drug-likeness (QED) is 0.885. The van der Waals surface area contributed by atoms with Crippen molar-refractivity contribution in [2.24, 2.45) is 0 Å². The van der Waals surface area contributed by atoms with Crippen molar-refractivity contribution < 1.29 is 19.8 Å². The molecule has 0 aromatic heterocycles. The van der Waals surface area contributed by atoms with E-state index >= 15 is 0 Å². The summed E-state index contributed by atoms with van der Waals surface area (Å²) in [6, 6.07) is 11.5. The minimum absolute atomic E-state index is 0.225. The minimum atomic E-state index is -0.969. The predicted octanol–water partition coefficient (Wildman–Crippen LogP) is 3.06. The van der Waals surface area contributed by atoms with Gasteiger partial charge in [-0.3, -0.25) is 0 Å². The number of benzene rings is 2. The van der Waals surface area contributed by atoms with Crippen molar-refractivity contribution in [2.75, 3.05) is 0 Å². The fraction of sp³-hybridized carbons (Fsp3) is 0.0667. The third-order valence-corrected chi connectivity index (χ3v) is 2.92. The van der Waals surface area contributed by atoms with E-state index in [-0.39, 0.29) is 11.1 Å². The first-order valence-electron chi connectivity index (χ1n) is 5.66. The smallest absolute Gasteiger partial charge is 0.335 e. The van der Waals surface area contributed by atoms with Crippen LogP contribution in [0.15, 0.2) is 42.5 Å². The van der Waals surface area contributed by atoms with Crippen LogP contribution in [0.2, 0.25) is 0 Å². The lowest BCUT2D eigenvalue weighted by Crippen LogP contribution is -1.99. The van der Waals surface area contributed by atoms with Gasteiger partial charge < -0.3 is 10.2 Å². The first-order chi connectivity index (χ1) is 8.99. The van der Waals surface area contributed by atoms with Crippen molar-refractivity contribution in [3.8, 4) is 11.1 Å². The van der Waals surface area contributed by atoms with Gasteiger partial charge in [0.15, 0.2) is 0 Å². The van der Waals surface area contributed by atoms with E-state index in [4.69, 9.17) is 10.2 Å².